The van der Waals surface area contributed by atoms with Gasteiger partial charge in [0.25, 0.3) is 11.8 Å². The van der Waals surface area contributed by atoms with Gasteiger partial charge in [0.05, 0.1) is 29.5 Å². The smallest absolute Gasteiger partial charge is 0.282 e. The predicted octanol–water partition coefficient (Wildman–Crippen LogP) is 4.26. The minimum atomic E-state index is -0.521. The number of hydrogen-bond acceptors (Lipinski definition) is 5. The molecule has 0 atom stereocenters. The summed E-state index contributed by atoms with van der Waals surface area (Å²) in [5, 5.41) is 10.7. The number of halogens is 1. The zero-order valence-electron chi connectivity index (χ0n) is 17.5. The summed E-state index contributed by atoms with van der Waals surface area (Å²) in [6, 6.07) is 21.2. The Hall–Kier alpha value is -4.28. The SMILES string of the molecule is COc1cc(C=C2C(=O)NN(c3ccccc3)C2=O)cc(Cl)c1OCc1ccccc1C#N. The molecular weight excluding hydrogens is 442 g/mol. The number of ether oxygens (including phenoxy) is 2. The van der Waals surface area contributed by atoms with Crippen LogP contribution in [0.25, 0.3) is 6.08 Å². The van der Waals surface area contributed by atoms with Crippen molar-refractivity contribution in [3.63, 3.8) is 0 Å². The van der Waals surface area contributed by atoms with E-state index in [9.17, 15) is 14.9 Å². The average Bonchev–Trinajstić information content (AvgIpc) is 3.12. The Morgan fingerprint density at radius 3 is 2.55 bits per heavy atom. The molecule has 0 unspecified atom stereocenters. The predicted molar refractivity (Wildman–Crippen MR) is 124 cm³/mol. The Balaban J connectivity index is 1.60. The molecule has 1 aliphatic heterocycles. The van der Waals surface area contributed by atoms with Gasteiger partial charge in [0.2, 0.25) is 0 Å². The zero-order chi connectivity index (χ0) is 23.4. The summed E-state index contributed by atoms with van der Waals surface area (Å²) in [5.41, 5.74) is 4.78. The molecule has 3 aromatic rings. The molecule has 1 fully saturated rings. The topological polar surface area (TPSA) is 91.7 Å². The monoisotopic (exact) mass is 459 g/mol. The second kappa shape index (κ2) is 9.47. The summed E-state index contributed by atoms with van der Waals surface area (Å²) in [4.78, 5) is 25.2. The molecule has 0 saturated carbocycles. The lowest BCUT2D eigenvalue weighted by Gasteiger charge is -2.14. The Kier molecular flexibility index (Phi) is 6.29. The molecule has 8 heteroatoms. The van der Waals surface area contributed by atoms with Gasteiger partial charge in [0.15, 0.2) is 11.5 Å². The Morgan fingerprint density at radius 2 is 1.82 bits per heavy atom. The standard InChI is InChI=1S/C25H18ClN3O4/c1-32-22-13-16(11-20-24(30)28-29(25(20)31)19-9-3-2-4-10-19)12-21(26)23(22)33-15-18-8-6-5-7-17(18)14-27/h2-13H,15H2,1H3,(H,28,30). The molecule has 3 aromatic carbocycles. The number of nitrogens with one attached hydrogen (secondary N) is 1. The second-order valence-corrected chi connectivity index (χ2v) is 7.47. The van der Waals surface area contributed by atoms with Crippen LogP contribution < -0.4 is 19.9 Å². The van der Waals surface area contributed by atoms with Gasteiger partial charge in [0, 0.05) is 5.56 Å². The van der Waals surface area contributed by atoms with Crippen LogP contribution in [0.4, 0.5) is 5.69 Å². The summed E-state index contributed by atoms with van der Waals surface area (Å²) in [6.07, 6.45) is 1.45. The van der Waals surface area contributed by atoms with Crippen LogP contribution >= 0.6 is 11.6 Å². The van der Waals surface area contributed by atoms with Gasteiger partial charge in [-0.3, -0.25) is 15.0 Å². The van der Waals surface area contributed by atoms with Crippen molar-refractivity contribution in [2.24, 2.45) is 0 Å². The van der Waals surface area contributed by atoms with E-state index in [1.807, 2.05) is 12.1 Å². The molecule has 0 bridgehead atoms. The maximum absolute atomic E-state index is 12.8. The second-order valence-electron chi connectivity index (χ2n) is 7.07. The maximum atomic E-state index is 12.8. The van der Waals surface area contributed by atoms with Crippen molar-refractivity contribution in [1.29, 1.82) is 5.26 Å². The van der Waals surface area contributed by atoms with Crippen LogP contribution in [-0.4, -0.2) is 18.9 Å². The quantitative estimate of drug-likeness (QED) is 0.439. The fourth-order valence-electron chi connectivity index (χ4n) is 3.35. The van der Waals surface area contributed by atoms with E-state index in [0.717, 1.165) is 0 Å². The summed E-state index contributed by atoms with van der Waals surface area (Å²) in [5.74, 6) is -0.376. The van der Waals surface area contributed by atoms with Crippen LogP contribution in [-0.2, 0) is 16.2 Å². The van der Waals surface area contributed by atoms with Crippen LogP contribution in [0.15, 0.2) is 72.3 Å². The largest absolute Gasteiger partial charge is 0.493 e. The first-order valence-corrected chi connectivity index (χ1v) is 10.3. The van der Waals surface area contributed by atoms with Crippen molar-refractivity contribution < 1.29 is 19.1 Å². The van der Waals surface area contributed by atoms with Crippen LogP contribution in [0.3, 0.4) is 0 Å². The minimum absolute atomic E-state index is 0.0337. The number of carbonyl (C=O) groups is 2. The van der Waals surface area contributed by atoms with Gasteiger partial charge in [-0.25, -0.2) is 5.01 Å². The first-order chi connectivity index (χ1) is 16.0. The molecule has 7 nitrogen and oxygen atoms in total. The molecule has 0 aromatic heterocycles. The van der Waals surface area contributed by atoms with E-state index in [2.05, 4.69) is 11.5 Å². The Morgan fingerprint density at radius 1 is 1.09 bits per heavy atom. The van der Waals surface area contributed by atoms with Gasteiger partial charge in [-0.2, -0.15) is 5.26 Å². The first-order valence-electron chi connectivity index (χ1n) is 9.92. The van der Waals surface area contributed by atoms with E-state index in [1.54, 1.807) is 54.6 Å². The van der Waals surface area contributed by atoms with Gasteiger partial charge >= 0.3 is 0 Å². The molecule has 0 radical (unpaired) electrons. The third-order valence-corrected chi connectivity index (χ3v) is 5.26. The number of carbonyl (C=O) groups excluding carboxylic acids is 2. The van der Waals surface area contributed by atoms with Gasteiger partial charge < -0.3 is 9.47 Å². The van der Waals surface area contributed by atoms with Crippen molar-refractivity contribution in [2.75, 3.05) is 12.1 Å². The summed E-state index contributed by atoms with van der Waals surface area (Å²) >= 11 is 6.44. The molecule has 33 heavy (non-hydrogen) atoms. The molecule has 0 spiro atoms. The van der Waals surface area contributed by atoms with E-state index in [0.29, 0.717) is 33.9 Å². The number of para-hydroxylation sites is 1. The van der Waals surface area contributed by atoms with E-state index in [1.165, 1.54) is 18.2 Å². The Labute approximate surface area is 195 Å². The number of rotatable bonds is 6. The van der Waals surface area contributed by atoms with E-state index < -0.39 is 11.8 Å². The van der Waals surface area contributed by atoms with Crippen molar-refractivity contribution in [3.8, 4) is 17.6 Å². The van der Waals surface area contributed by atoms with Crippen LogP contribution in [0.5, 0.6) is 11.5 Å². The molecule has 4 rings (SSSR count). The van der Waals surface area contributed by atoms with Gasteiger partial charge in [-0.1, -0.05) is 48.0 Å². The fraction of sp³-hybridized carbons (Fsp3) is 0.0800. The van der Waals surface area contributed by atoms with Crippen molar-refractivity contribution >= 4 is 35.2 Å². The highest BCUT2D eigenvalue weighted by atomic mass is 35.5. The third-order valence-electron chi connectivity index (χ3n) is 4.98. The maximum Gasteiger partial charge on any atom is 0.282 e. The lowest BCUT2D eigenvalue weighted by atomic mass is 10.1. The van der Waals surface area contributed by atoms with E-state index in [-0.39, 0.29) is 17.2 Å². The normalized spacial score (nSPS) is 14.2. The number of hydrogen-bond donors (Lipinski definition) is 1. The molecule has 1 saturated heterocycles. The van der Waals surface area contributed by atoms with E-state index >= 15 is 0 Å². The van der Waals surface area contributed by atoms with E-state index in [4.69, 9.17) is 21.1 Å². The van der Waals surface area contributed by atoms with Crippen LogP contribution in [0.2, 0.25) is 5.02 Å². The summed E-state index contributed by atoms with van der Waals surface area (Å²) < 4.78 is 11.3. The number of nitrogens with zero attached hydrogens (tertiary/aromatic N) is 2. The first kappa shape index (κ1) is 21.9. The molecule has 0 aliphatic carbocycles. The van der Waals surface area contributed by atoms with Gasteiger partial charge in [-0.15, -0.1) is 0 Å². The molecular formula is C25H18ClN3O4. The number of hydrazine groups is 1. The number of methoxy groups -OCH3 is 1. The highest BCUT2D eigenvalue weighted by molar-refractivity contribution is 6.33. The fourth-order valence-corrected chi connectivity index (χ4v) is 3.62. The third kappa shape index (κ3) is 4.52. The average molecular weight is 460 g/mol. The van der Waals surface area contributed by atoms with Gasteiger partial charge in [-0.05, 0) is 42.0 Å². The Bertz CT molecular complexity index is 1300. The number of anilines is 1. The minimum Gasteiger partial charge on any atom is -0.493 e. The van der Waals surface area contributed by atoms with Crippen molar-refractivity contribution in [3.05, 3.63) is 94.0 Å². The molecule has 1 heterocycles. The molecule has 1 N–H and O–H groups in total. The molecule has 1 aliphatic rings. The van der Waals surface area contributed by atoms with Gasteiger partial charge in [0.1, 0.15) is 12.2 Å². The highest BCUT2D eigenvalue weighted by Gasteiger charge is 2.34. The molecule has 2 amide bonds. The highest BCUT2D eigenvalue weighted by Crippen LogP contribution is 2.38. The summed E-state index contributed by atoms with van der Waals surface area (Å²) in [7, 11) is 1.46. The summed E-state index contributed by atoms with van der Waals surface area (Å²) in [6.45, 7) is 0.118. The number of amides is 2. The van der Waals surface area contributed by atoms with Crippen LogP contribution in [0.1, 0.15) is 16.7 Å². The zero-order valence-corrected chi connectivity index (χ0v) is 18.3. The lowest BCUT2D eigenvalue weighted by molar-refractivity contribution is -0.117. The van der Waals surface area contributed by atoms with Crippen molar-refractivity contribution in [2.45, 2.75) is 6.61 Å². The number of nitriles is 1. The number of benzene rings is 3. The molecule has 164 valence electrons. The lowest BCUT2D eigenvalue weighted by Crippen LogP contribution is -2.35. The van der Waals surface area contributed by atoms with Crippen LogP contribution in [0, 0.1) is 11.3 Å². The van der Waals surface area contributed by atoms with Crippen molar-refractivity contribution in [1.82, 2.24) is 5.43 Å².